The van der Waals surface area contributed by atoms with E-state index in [0.29, 0.717) is 5.02 Å². The number of carbonyl (C=O) groups excluding carboxylic acids is 2. The van der Waals surface area contributed by atoms with Crippen molar-refractivity contribution < 1.29 is 14.3 Å². The van der Waals surface area contributed by atoms with Crippen molar-refractivity contribution in [2.75, 3.05) is 0 Å². The Morgan fingerprint density at radius 2 is 1.96 bits per heavy atom. The number of carbonyl (C=O) groups is 2. The van der Waals surface area contributed by atoms with Crippen LogP contribution in [-0.2, 0) is 16.0 Å². The molecule has 1 N–H and O–H groups in total. The first-order valence-corrected chi connectivity index (χ1v) is 9.25. The number of amides is 1. The van der Waals surface area contributed by atoms with E-state index in [0.717, 1.165) is 24.8 Å². The van der Waals surface area contributed by atoms with E-state index in [4.69, 9.17) is 27.9 Å². The van der Waals surface area contributed by atoms with Gasteiger partial charge in [0.1, 0.15) is 0 Å². The van der Waals surface area contributed by atoms with Gasteiger partial charge >= 0.3 is 5.97 Å². The monoisotopic (exact) mass is 391 g/mol. The zero-order valence-electron chi connectivity index (χ0n) is 14.3. The Labute approximate surface area is 162 Å². The Kier molecular flexibility index (Phi) is 5.84. The second kappa shape index (κ2) is 8.11. The predicted octanol–water partition coefficient (Wildman–Crippen LogP) is 4.73. The highest BCUT2D eigenvalue weighted by atomic mass is 35.5. The summed E-state index contributed by atoms with van der Waals surface area (Å²) in [4.78, 5) is 24.8. The van der Waals surface area contributed by atoms with Gasteiger partial charge in [0, 0.05) is 5.02 Å². The molecule has 0 saturated heterocycles. The van der Waals surface area contributed by atoms with Gasteiger partial charge in [-0.05, 0) is 55.5 Å². The number of esters is 1. The second-order valence-corrected chi connectivity index (χ2v) is 7.17. The molecule has 1 aliphatic rings. The molecule has 1 aliphatic carbocycles. The Hall–Kier alpha value is -2.04. The van der Waals surface area contributed by atoms with Gasteiger partial charge < -0.3 is 10.1 Å². The molecule has 0 radical (unpaired) electrons. The summed E-state index contributed by atoms with van der Waals surface area (Å²) >= 11 is 11.9. The minimum absolute atomic E-state index is 0.0663. The Balaban J connectivity index is 1.65. The van der Waals surface area contributed by atoms with Gasteiger partial charge in [-0.1, -0.05) is 47.5 Å². The summed E-state index contributed by atoms with van der Waals surface area (Å²) in [6.45, 7) is 1.54. The maximum absolute atomic E-state index is 12.5. The molecule has 4 nitrogen and oxygen atoms in total. The van der Waals surface area contributed by atoms with E-state index in [-0.39, 0.29) is 22.5 Å². The van der Waals surface area contributed by atoms with Gasteiger partial charge in [-0.3, -0.25) is 4.79 Å². The molecule has 0 heterocycles. The molecule has 26 heavy (non-hydrogen) atoms. The third-order valence-electron chi connectivity index (χ3n) is 4.49. The van der Waals surface area contributed by atoms with Gasteiger partial charge in [-0.15, -0.1) is 0 Å². The van der Waals surface area contributed by atoms with Crippen LogP contribution in [0.1, 0.15) is 47.3 Å². The first kappa shape index (κ1) is 18.7. The molecule has 0 bridgehead atoms. The fourth-order valence-electron chi connectivity index (χ4n) is 3.12. The molecule has 0 unspecified atom stereocenters. The van der Waals surface area contributed by atoms with E-state index >= 15 is 0 Å². The number of halogens is 2. The van der Waals surface area contributed by atoms with Gasteiger partial charge in [-0.2, -0.15) is 0 Å². The average Bonchev–Trinajstić information content (AvgIpc) is 2.63. The quantitative estimate of drug-likeness (QED) is 0.766. The normalized spacial score (nSPS) is 17.1. The largest absolute Gasteiger partial charge is 0.449 e. The molecule has 3 rings (SSSR count). The predicted molar refractivity (Wildman–Crippen MR) is 102 cm³/mol. The molecule has 2 aromatic rings. The van der Waals surface area contributed by atoms with Crippen LogP contribution < -0.4 is 5.32 Å². The third-order valence-corrected chi connectivity index (χ3v) is 5.05. The standard InChI is InChI=1S/C20H19Cl2NO3/c1-12(26-20(25)16-11-14(21)9-10-17(16)22)19(24)23-18-8-4-6-13-5-2-3-7-15(13)18/h2-3,5,7,9-12,18H,4,6,8H2,1H3,(H,23,24)/t12-,18-/m1/s1. The fourth-order valence-corrected chi connectivity index (χ4v) is 3.49. The lowest BCUT2D eigenvalue weighted by Gasteiger charge is -2.27. The molecule has 136 valence electrons. The number of hydrogen-bond acceptors (Lipinski definition) is 3. The zero-order valence-corrected chi connectivity index (χ0v) is 15.8. The summed E-state index contributed by atoms with van der Waals surface area (Å²) in [5, 5.41) is 3.58. The number of benzene rings is 2. The minimum Gasteiger partial charge on any atom is -0.449 e. The van der Waals surface area contributed by atoms with E-state index in [9.17, 15) is 9.59 Å². The number of nitrogens with one attached hydrogen (secondary N) is 1. The second-order valence-electron chi connectivity index (χ2n) is 6.32. The lowest BCUT2D eigenvalue weighted by atomic mass is 9.87. The summed E-state index contributed by atoms with van der Waals surface area (Å²) in [5.74, 6) is -1.01. The van der Waals surface area contributed by atoms with Crippen molar-refractivity contribution in [1.82, 2.24) is 5.32 Å². The van der Waals surface area contributed by atoms with Crippen molar-refractivity contribution in [2.45, 2.75) is 38.3 Å². The first-order chi connectivity index (χ1) is 12.5. The van der Waals surface area contributed by atoms with Crippen LogP contribution in [0.2, 0.25) is 10.0 Å². The number of hydrogen-bond donors (Lipinski definition) is 1. The van der Waals surface area contributed by atoms with Gasteiger partial charge in [-0.25, -0.2) is 4.79 Å². The van der Waals surface area contributed by atoms with E-state index in [1.807, 2.05) is 18.2 Å². The van der Waals surface area contributed by atoms with Crippen molar-refractivity contribution >= 4 is 35.1 Å². The van der Waals surface area contributed by atoms with Crippen LogP contribution in [0.5, 0.6) is 0 Å². The molecular weight excluding hydrogens is 373 g/mol. The summed E-state index contributed by atoms with van der Waals surface area (Å²) in [6.07, 6.45) is 1.95. The molecule has 0 saturated carbocycles. The summed E-state index contributed by atoms with van der Waals surface area (Å²) < 4.78 is 5.27. The molecule has 0 aromatic heterocycles. The Bertz CT molecular complexity index is 838. The maximum atomic E-state index is 12.5. The van der Waals surface area contributed by atoms with Crippen molar-refractivity contribution in [3.63, 3.8) is 0 Å². The van der Waals surface area contributed by atoms with Crippen LogP contribution in [0.25, 0.3) is 0 Å². The van der Waals surface area contributed by atoms with Crippen LogP contribution >= 0.6 is 23.2 Å². The minimum atomic E-state index is -0.938. The van der Waals surface area contributed by atoms with E-state index in [1.54, 1.807) is 13.0 Å². The van der Waals surface area contributed by atoms with Crippen LogP contribution in [0.3, 0.4) is 0 Å². The molecule has 2 atom stereocenters. The number of rotatable bonds is 4. The zero-order chi connectivity index (χ0) is 18.7. The molecule has 0 aliphatic heterocycles. The van der Waals surface area contributed by atoms with Crippen molar-refractivity contribution in [1.29, 1.82) is 0 Å². The van der Waals surface area contributed by atoms with Gasteiger partial charge in [0.2, 0.25) is 0 Å². The Morgan fingerprint density at radius 3 is 2.77 bits per heavy atom. The van der Waals surface area contributed by atoms with Crippen LogP contribution in [0.15, 0.2) is 42.5 Å². The first-order valence-electron chi connectivity index (χ1n) is 8.50. The van der Waals surface area contributed by atoms with E-state index in [1.165, 1.54) is 17.7 Å². The maximum Gasteiger partial charge on any atom is 0.340 e. The lowest BCUT2D eigenvalue weighted by Crippen LogP contribution is -2.39. The fraction of sp³-hybridized carbons (Fsp3) is 0.300. The van der Waals surface area contributed by atoms with Gasteiger partial charge in [0.15, 0.2) is 6.10 Å². The van der Waals surface area contributed by atoms with E-state index < -0.39 is 12.1 Å². The highest BCUT2D eigenvalue weighted by molar-refractivity contribution is 6.35. The van der Waals surface area contributed by atoms with Crippen molar-refractivity contribution in [3.8, 4) is 0 Å². The summed E-state index contributed by atoms with van der Waals surface area (Å²) in [5.41, 5.74) is 2.52. The molecular formula is C20H19Cl2NO3. The van der Waals surface area contributed by atoms with Gasteiger partial charge in [0.25, 0.3) is 5.91 Å². The van der Waals surface area contributed by atoms with Crippen molar-refractivity contribution in [2.24, 2.45) is 0 Å². The van der Waals surface area contributed by atoms with Crippen LogP contribution in [0, 0.1) is 0 Å². The topological polar surface area (TPSA) is 55.4 Å². The number of aryl methyl sites for hydroxylation is 1. The smallest absolute Gasteiger partial charge is 0.340 e. The molecule has 0 spiro atoms. The Morgan fingerprint density at radius 1 is 1.19 bits per heavy atom. The SMILES string of the molecule is C[C@@H](OC(=O)c1cc(Cl)ccc1Cl)C(=O)N[C@@H]1CCCc2ccccc21. The van der Waals surface area contributed by atoms with Crippen molar-refractivity contribution in [3.05, 3.63) is 69.2 Å². The highest BCUT2D eigenvalue weighted by Crippen LogP contribution is 2.29. The van der Waals surface area contributed by atoms with Crippen LogP contribution in [0.4, 0.5) is 0 Å². The molecule has 2 aromatic carbocycles. The van der Waals surface area contributed by atoms with Gasteiger partial charge in [0.05, 0.1) is 16.6 Å². The molecule has 1 amide bonds. The molecule has 0 fully saturated rings. The van der Waals surface area contributed by atoms with Crippen LogP contribution in [-0.4, -0.2) is 18.0 Å². The third kappa shape index (κ3) is 4.19. The number of ether oxygens (including phenoxy) is 1. The number of fused-ring (bicyclic) bond motifs is 1. The summed E-state index contributed by atoms with van der Waals surface area (Å²) in [7, 11) is 0. The average molecular weight is 392 g/mol. The summed E-state index contributed by atoms with van der Waals surface area (Å²) in [6, 6.07) is 12.5. The highest BCUT2D eigenvalue weighted by Gasteiger charge is 2.26. The molecule has 6 heteroatoms. The van der Waals surface area contributed by atoms with E-state index in [2.05, 4.69) is 11.4 Å². The lowest BCUT2D eigenvalue weighted by molar-refractivity contribution is -0.130.